The fourth-order valence-electron chi connectivity index (χ4n) is 3.80. The third kappa shape index (κ3) is 4.70. The highest BCUT2D eigenvalue weighted by Crippen LogP contribution is 2.41. The van der Waals surface area contributed by atoms with Gasteiger partial charge in [0.05, 0.1) is 11.7 Å². The summed E-state index contributed by atoms with van der Waals surface area (Å²) in [5.41, 5.74) is 1.80. The number of urea groups is 1. The number of aromatic nitrogens is 1. The van der Waals surface area contributed by atoms with Crippen molar-refractivity contribution >= 4 is 11.9 Å². The number of aryl methyl sites for hydroxylation is 2. The zero-order chi connectivity index (χ0) is 19.6. The summed E-state index contributed by atoms with van der Waals surface area (Å²) in [6.07, 6.45) is 3.13. The van der Waals surface area contributed by atoms with Crippen LogP contribution in [0.5, 0.6) is 5.75 Å². The summed E-state index contributed by atoms with van der Waals surface area (Å²) in [6.45, 7) is 5.21. The predicted octanol–water partition coefficient (Wildman–Crippen LogP) is 1.84. The average molecular weight is 374 g/mol. The highest BCUT2D eigenvalue weighted by molar-refractivity contribution is 5.78. The molecule has 2 heterocycles. The number of pyridine rings is 1. The topological polar surface area (TPSA) is 74.8 Å². The summed E-state index contributed by atoms with van der Waals surface area (Å²) in [7, 11) is 3.52. The Balaban J connectivity index is 1.57. The largest absolute Gasteiger partial charge is 0.482 e. The number of carbonyl (C=O) groups is 2. The number of carbonyl (C=O) groups excluding carboxylic acids is 2. The molecule has 1 aromatic rings. The van der Waals surface area contributed by atoms with Crippen LogP contribution in [-0.2, 0) is 11.2 Å². The molecule has 2 atom stereocenters. The van der Waals surface area contributed by atoms with Crippen LogP contribution in [0.25, 0.3) is 0 Å². The molecular formula is C20H30N4O3. The molecule has 0 unspecified atom stereocenters. The number of hydrogen-bond donors (Lipinski definition) is 1. The summed E-state index contributed by atoms with van der Waals surface area (Å²) in [5, 5.41) is 3.10. The molecule has 1 aliphatic heterocycles. The third-order valence-corrected chi connectivity index (χ3v) is 5.36. The summed E-state index contributed by atoms with van der Waals surface area (Å²) in [6, 6.07) is 3.76. The van der Waals surface area contributed by atoms with Crippen LogP contribution < -0.4 is 10.1 Å². The molecule has 3 amide bonds. The van der Waals surface area contributed by atoms with Crippen LogP contribution in [-0.4, -0.2) is 66.6 Å². The molecular weight excluding hydrogens is 344 g/mol. The first-order valence-electron chi connectivity index (χ1n) is 9.74. The minimum Gasteiger partial charge on any atom is -0.482 e. The molecule has 1 aliphatic carbocycles. The van der Waals surface area contributed by atoms with Crippen molar-refractivity contribution in [3.05, 3.63) is 23.5 Å². The molecule has 1 saturated heterocycles. The lowest BCUT2D eigenvalue weighted by Crippen LogP contribution is -2.44. The Bertz CT molecular complexity index is 702. The molecule has 148 valence electrons. The van der Waals surface area contributed by atoms with Gasteiger partial charge in [-0.3, -0.25) is 9.78 Å². The molecule has 0 spiro atoms. The molecule has 1 aromatic heterocycles. The van der Waals surface area contributed by atoms with Gasteiger partial charge in [-0.2, -0.15) is 0 Å². The summed E-state index contributed by atoms with van der Waals surface area (Å²) >= 11 is 0. The first-order valence-corrected chi connectivity index (χ1v) is 9.74. The van der Waals surface area contributed by atoms with E-state index in [9.17, 15) is 9.59 Å². The average Bonchev–Trinajstić information content (AvgIpc) is 3.40. The van der Waals surface area contributed by atoms with E-state index in [1.807, 2.05) is 30.9 Å². The van der Waals surface area contributed by atoms with Crippen LogP contribution in [0.1, 0.15) is 31.2 Å². The Hall–Kier alpha value is -2.31. The second-order valence-electron chi connectivity index (χ2n) is 7.80. The van der Waals surface area contributed by atoms with Crippen LogP contribution in [0.2, 0.25) is 0 Å². The summed E-state index contributed by atoms with van der Waals surface area (Å²) in [4.78, 5) is 32.6. The van der Waals surface area contributed by atoms with Gasteiger partial charge in [0.25, 0.3) is 5.91 Å². The van der Waals surface area contributed by atoms with E-state index < -0.39 is 0 Å². The molecule has 3 rings (SSSR count). The van der Waals surface area contributed by atoms with Gasteiger partial charge in [-0.15, -0.1) is 0 Å². The smallest absolute Gasteiger partial charge is 0.319 e. The van der Waals surface area contributed by atoms with Gasteiger partial charge < -0.3 is 19.9 Å². The number of amides is 3. The Labute approximate surface area is 161 Å². The van der Waals surface area contributed by atoms with Gasteiger partial charge in [-0.25, -0.2) is 4.79 Å². The second kappa shape index (κ2) is 8.15. The second-order valence-corrected chi connectivity index (χ2v) is 7.80. The first kappa shape index (κ1) is 19.5. The summed E-state index contributed by atoms with van der Waals surface area (Å²) in [5.74, 6) is 1.47. The SMILES string of the molecule is CCc1nc(C)ccc1OCC(=O)N[C@@H]1CN(C(=O)N(C)C)C[C@H]1C1CC1. The molecule has 7 heteroatoms. The van der Waals surface area contributed by atoms with E-state index in [1.54, 1.807) is 19.0 Å². The minimum absolute atomic E-state index is 0.000659. The lowest BCUT2D eigenvalue weighted by molar-refractivity contribution is -0.124. The minimum atomic E-state index is -0.146. The van der Waals surface area contributed by atoms with Crippen molar-refractivity contribution in [3.63, 3.8) is 0 Å². The van der Waals surface area contributed by atoms with Crippen LogP contribution in [0.15, 0.2) is 12.1 Å². The van der Waals surface area contributed by atoms with Crippen LogP contribution in [0.4, 0.5) is 4.79 Å². The van der Waals surface area contributed by atoms with Gasteiger partial charge in [0.2, 0.25) is 0 Å². The standard InChI is InChI=1S/C20H30N4O3/c1-5-16-18(9-6-13(2)21-16)27-12-19(25)22-17-11-24(20(26)23(3)4)10-15(17)14-7-8-14/h6,9,14-15,17H,5,7-8,10-12H2,1-4H3,(H,22,25)/t15-,17+/m0/s1. The van der Waals surface area contributed by atoms with Crippen molar-refractivity contribution in [2.45, 2.75) is 39.2 Å². The van der Waals surface area contributed by atoms with Crippen LogP contribution in [0.3, 0.4) is 0 Å². The van der Waals surface area contributed by atoms with Crippen molar-refractivity contribution in [2.75, 3.05) is 33.8 Å². The third-order valence-electron chi connectivity index (χ3n) is 5.36. The number of likely N-dealkylation sites (tertiary alicyclic amines) is 1. The Kier molecular flexibility index (Phi) is 5.87. The molecule has 1 saturated carbocycles. The van der Waals surface area contributed by atoms with Gasteiger partial charge in [0.15, 0.2) is 6.61 Å². The van der Waals surface area contributed by atoms with E-state index in [-0.39, 0.29) is 24.6 Å². The molecule has 1 N–H and O–H groups in total. The molecule has 0 bridgehead atoms. The zero-order valence-corrected chi connectivity index (χ0v) is 16.7. The van der Waals surface area contributed by atoms with E-state index in [1.165, 1.54) is 12.8 Å². The molecule has 2 aliphatic rings. The number of nitrogens with one attached hydrogen (secondary N) is 1. The maximum absolute atomic E-state index is 12.5. The molecule has 27 heavy (non-hydrogen) atoms. The maximum Gasteiger partial charge on any atom is 0.319 e. The number of rotatable bonds is 6. The monoisotopic (exact) mass is 374 g/mol. The highest BCUT2D eigenvalue weighted by Gasteiger charge is 2.44. The van der Waals surface area contributed by atoms with Crippen molar-refractivity contribution in [1.82, 2.24) is 20.1 Å². The Morgan fingerprint density at radius 1 is 1.30 bits per heavy atom. The van der Waals surface area contributed by atoms with E-state index in [2.05, 4.69) is 10.3 Å². The fraction of sp³-hybridized carbons (Fsp3) is 0.650. The van der Waals surface area contributed by atoms with E-state index >= 15 is 0 Å². The van der Waals surface area contributed by atoms with Gasteiger partial charge in [0.1, 0.15) is 5.75 Å². The van der Waals surface area contributed by atoms with Gasteiger partial charge in [-0.05, 0) is 44.2 Å². The number of nitrogens with zero attached hydrogens (tertiary/aromatic N) is 3. The number of ether oxygens (including phenoxy) is 1. The molecule has 7 nitrogen and oxygen atoms in total. The van der Waals surface area contributed by atoms with Gasteiger partial charge in [-0.1, -0.05) is 6.92 Å². The Morgan fingerprint density at radius 3 is 2.67 bits per heavy atom. The Morgan fingerprint density at radius 2 is 2.04 bits per heavy atom. The zero-order valence-electron chi connectivity index (χ0n) is 16.7. The predicted molar refractivity (Wildman–Crippen MR) is 103 cm³/mol. The molecule has 0 aromatic carbocycles. The van der Waals surface area contributed by atoms with Crippen molar-refractivity contribution < 1.29 is 14.3 Å². The van der Waals surface area contributed by atoms with Gasteiger partial charge in [0, 0.05) is 38.8 Å². The lowest BCUT2D eigenvalue weighted by atomic mass is 9.98. The van der Waals surface area contributed by atoms with E-state index in [0.717, 1.165) is 24.4 Å². The number of hydrogen-bond acceptors (Lipinski definition) is 4. The quantitative estimate of drug-likeness (QED) is 0.824. The highest BCUT2D eigenvalue weighted by atomic mass is 16.5. The normalized spacial score (nSPS) is 21.9. The van der Waals surface area contributed by atoms with Crippen LogP contribution >= 0.6 is 0 Å². The van der Waals surface area contributed by atoms with Crippen molar-refractivity contribution in [2.24, 2.45) is 11.8 Å². The van der Waals surface area contributed by atoms with E-state index in [0.29, 0.717) is 24.1 Å². The van der Waals surface area contributed by atoms with Crippen molar-refractivity contribution in [3.8, 4) is 5.75 Å². The fourth-order valence-corrected chi connectivity index (χ4v) is 3.80. The molecule has 0 radical (unpaired) electrons. The lowest BCUT2D eigenvalue weighted by Gasteiger charge is -2.21. The summed E-state index contributed by atoms with van der Waals surface area (Å²) < 4.78 is 5.72. The molecule has 2 fully saturated rings. The van der Waals surface area contributed by atoms with E-state index in [4.69, 9.17) is 4.74 Å². The first-order chi connectivity index (χ1) is 12.9. The van der Waals surface area contributed by atoms with Crippen molar-refractivity contribution in [1.29, 1.82) is 0 Å². The maximum atomic E-state index is 12.5. The van der Waals surface area contributed by atoms with Gasteiger partial charge >= 0.3 is 6.03 Å². The van der Waals surface area contributed by atoms with Crippen LogP contribution in [0, 0.1) is 18.8 Å².